The van der Waals surface area contributed by atoms with Crippen molar-refractivity contribution in [3.8, 4) is 0 Å². The molecule has 0 unspecified atom stereocenters. The van der Waals surface area contributed by atoms with Crippen LogP contribution in [0, 0.1) is 0 Å². The third-order valence-corrected chi connectivity index (χ3v) is 2.73. The van der Waals surface area contributed by atoms with Gasteiger partial charge < -0.3 is 0 Å². The molecule has 0 atom stereocenters. The van der Waals surface area contributed by atoms with E-state index in [1.807, 2.05) is 0 Å². The van der Waals surface area contributed by atoms with Crippen molar-refractivity contribution in [2.75, 3.05) is 20.0 Å². The van der Waals surface area contributed by atoms with Crippen LogP contribution in [0.2, 0.25) is 0 Å². The van der Waals surface area contributed by atoms with Gasteiger partial charge in [0.05, 0.1) is 20.0 Å². The van der Waals surface area contributed by atoms with Gasteiger partial charge >= 0.3 is 0 Å². The molecule has 3 saturated heterocycles. The van der Waals surface area contributed by atoms with E-state index < -0.39 is 0 Å². The Kier molecular flexibility index (Phi) is 1.21. The number of nitrogens with one attached hydrogen (secondary N) is 3. The third-order valence-electron chi connectivity index (χ3n) is 1.36. The van der Waals surface area contributed by atoms with Crippen LogP contribution in [0.15, 0.2) is 0 Å². The van der Waals surface area contributed by atoms with E-state index in [1.165, 1.54) is 0 Å². The number of hydrogen-bond donors (Lipinski definition) is 3. The first-order valence-electron chi connectivity index (χ1n) is 2.68. The summed E-state index contributed by atoms with van der Waals surface area (Å²) in [6, 6.07) is 0. The molecular weight excluding hydrogens is 123 g/mol. The quantitative estimate of drug-likeness (QED) is 0.377. The van der Waals surface area contributed by atoms with Gasteiger partial charge in [-0.2, -0.15) is 0 Å². The van der Waals surface area contributed by atoms with Crippen molar-refractivity contribution in [2.45, 2.75) is 0 Å². The van der Waals surface area contributed by atoms with E-state index in [0.29, 0.717) is 0 Å². The summed E-state index contributed by atoms with van der Waals surface area (Å²) < 4.78 is 0. The normalized spacial score (nSPS) is 45.0. The van der Waals surface area contributed by atoms with E-state index in [2.05, 4.69) is 20.2 Å². The molecule has 0 amide bonds. The monoisotopic (exact) mass is 132 g/mol. The highest BCUT2D eigenvalue weighted by atomic mass is 31.1. The van der Waals surface area contributed by atoms with Gasteiger partial charge in [-0.05, 0) is 0 Å². The number of rotatable bonds is 0. The Morgan fingerprint density at radius 2 is 1.50 bits per heavy atom. The van der Waals surface area contributed by atoms with Crippen LogP contribution in [0.1, 0.15) is 0 Å². The molecule has 0 spiro atoms. The van der Waals surface area contributed by atoms with Gasteiger partial charge in [0.15, 0.2) is 0 Å². The summed E-state index contributed by atoms with van der Waals surface area (Å²) in [4.78, 5) is 2.27. The lowest BCUT2D eigenvalue weighted by molar-refractivity contribution is 0.227. The smallest absolute Gasteiger partial charge is 0.114 e. The predicted octanol–water partition coefficient (Wildman–Crippen LogP) is -0.816. The average molecular weight is 132 g/mol. The molecule has 0 aromatic heterocycles. The first kappa shape index (κ1) is 5.09. The maximum absolute atomic E-state index is 3.29. The van der Waals surface area contributed by atoms with Gasteiger partial charge in [-0.25, -0.2) is 0 Å². The summed E-state index contributed by atoms with van der Waals surface area (Å²) in [6.45, 7) is 3.14. The molecule has 0 aromatic carbocycles. The summed E-state index contributed by atoms with van der Waals surface area (Å²) >= 11 is 0. The Hall–Kier alpha value is 0.270. The van der Waals surface area contributed by atoms with Crippen LogP contribution >= 0.6 is 8.37 Å². The van der Waals surface area contributed by atoms with Gasteiger partial charge in [-0.1, -0.05) is 0 Å². The molecule has 5 heteroatoms. The topological polar surface area (TPSA) is 39.3 Å². The van der Waals surface area contributed by atoms with E-state index in [-0.39, 0.29) is 8.37 Å². The Balaban J connectivity index is 2.03. The molecule has 46 valence electrons. The summed E-state index contributed by atoms with van der Waals surface area (Å²) in [6.07, 6.45) is 0. The molecule has 0 aromatic rings. The lowest BCUT2D eigenvalue weighted by Gasteiger charge is -2.40. The van der Waals surface area contributed by atoms with E-state index >= 15 is 0 Å². The molecule has 0 radical (unpaired) electrons. The summed E-state index contributed by atoms with van der Waals surface area (Å²) in [5, 5.41) is 9.86. The largest absolute Gasteiger partial charge is 0.264 e. The van der Waals surface area contributed by atoms with E-state index in [9.17, 15) is 0 Å². The minimum absolute atomic E-state index is 0.195. The first-order valence-corrected chi connectivity index (χ1v) is 4.02. The molecule has 3 heterocycles. The third kappa shape index (κ3) is 0.747. The molecule has 0 saturated carbocycles. The maximum atomic E-state index is 3.29. The molecule has 3 rings (SSSR count). The van der Waals surface area contributed by atoms with Crippen LogP contribution in [0.5, 0.6) is 0 Å². The van der Waals surface area contributed by atoms with Crippen molar-refractivity contribution in [1.29, 1.82) is 0 Å². The summed E-state index contributed by atoms with van der Waals surface area (Å²) in [5.74, 6) is 0. The van der Waals surface area contributed by atoms with Crippen LogP contribution in [0.3, 0.4) is 0 Å². The number of nitrogens with zero attached hydrogens (tertiary/aromatic N) is 1. The second kappa shape index (κ2) is 1.90. The van der Waals surface area contributed by atoms with E-state index in [0.717, 1.165) is 20.0 Å². The van der Waals surface area contributed by atoms with E-state index in [4.69, 9.17) is 0 Å². The van der Waals surface area contributed by atoms with Crippen molar-refractivity contribution >= 4 is 8.37 Å². The standard InChI is InChI=1S/C3H9N4P/c1-4-8-5-2-7(1)3-6-8/h4-6H,1-3H2. The molecule has 2 bridgehead atoms. The van der Waals surface area contributed by atoms with Crippen LogP contribution in [-0.2, 0) is 0 Å². The predicted molar refractivity (Wildman–Crippen MR) is 32.8 cm³/mol. The van der Waals surface area contributed by atoms with Crippen LogP contribution in [0.4, 0.5) is 0 Å². The zero-order valence-electron chi connectivity index (χ0n) is 4.52. The highest BCUT2D eigenvalue weighted by Crippen LogP contribution is 2.25. The highest BCUT2D eigenvalue weighted by molar-refractivity contribution is 7.51. The van der Waals surface area contributed by atoms with Crippen molar-refractivity contribution in [3.63, 3.8) is 0 Å². The van der Waals surface area contributed by atoms with Gasteiger partial charge in [0, 0.05) is 0 Å². The summed E-state index contributed by atoms with van der Waals surface area (Å²) in [7, 11) is -0.195. The Labute approximate surface area is 49.5 Å². The molecule has 4 nitrogen and oxygen atoms in total. The molecule has 0 aliphatic carbocycles. The highest BCUT2D eigenvalue weighted by Gasteiger charge is 2.22. The SMILES string of the molecule is C1NP2NCN1CN2. The lowest BCUT2D eigenvalue weighted by Crippen LogP contribution is -2.56. The van der Waals surface area contributed by atoms with Crippen LogP contribution in [-0.4, -0.2) is 24.9 Å². The van der Waals surface area contributed by atoms with Crippen molar-refractivity contribution < 1.29 is 0 Å². The first-order chi connectivity index (χ1) is 3.95. The fourth-order valence-electron chi connectivity index (χ4n) is 0.848. The van der Waals surface area contributed by atoms with Crippen molar-refractivity contribution in [3.05, 3.63) is 0 Å². The molecular formula is C3H9N4P. The van der Waals surface area contributed by atoms with Crippen LogP contribution < -0.4 is 15.3 Å². The van der Waals surface area contributed by atoms with Crippen molar-refractivity contribution in [1.82, 2.24) is 20.2 Å². The van der Waals surface area contributed by atoms with Gasteiger partial charge in [-0.3, -0.25) is 20.2 Å². The Bertz CT molecular complexity index is 66.3. The van der Waals surface area contributed by atoms with E-state index in [1.54, 1.807) is 0 Å². The fraction of sp³-hybridized carbons (Fsp3) is 1.00. The fourth-order valence-corrected chi connectivity index (χ4v) is 2.21. The second-order valence-corrected chi connectivity index (χ2v) is 3.57. The van der Waals surface area contributed by atoms with Gasteiger partial charge in [-0.15, -0.1) is 0 Å². The molecule has 8 heavy (non-hydrogen) atoms. The van der Waals surface area contributed by atoms with Crippen LogP contribution in [0.25, 0.3) is 0 Å². The molecule has 3 fully saturated rings. The Morgan fingerprint density at radius 1 is 1.00 bits per heavy atom. The molecule has 3 aliphatic rings. The number of fused-ring (bicyclic) bond motifs is 3. The molecule has 3 N–H and O–H groups in total. The zero-order chi connectivity index (χ0) is 5.40. The minimum Gasteiger partial charge on any atom is -0.264 e. The minimum atomic E-state index is -0.195. The van der Waals surface area contributed by atoms with Gasteiger partial charge in [0.25, 0.3) is 0 Å². The molecule has 3 aliphatic heterocycles. The second-order valence-electron chi connectivity index (χ2n) is 1.95. The zero-order valence-corrected chi connectivity index (χ0v) is 5.41. The van der Waals surface area contributed by atoms with Gasteiger partial charge in [0.1, 0.15) is 8.37 Å². The maximum Gasteiger partial charge on any atom is 0.114 e. The average Bonchev–Trinajstić information content (AvgIpc) is 1.92. The van der Waals surface area contributed by atoms with Gasteiger partial charge in [0.2, 0.25) is 0 Å². The Morgan fingerprint density at radius 3 is 1.62 bits per heavy atom. The summed E-state index contributed by atoms with van der Waals surface area (Å²) in [5.41, 5.74) is 0. The van der Waals surface area contributed by atoms with Crippen molar-refractivity contribution in [2.24, 2.45) is 0 Å². The number of hydrogen-bond acceptors (Lipinski definition) is 4. The lowest BCUT2D eigenvalue weighted by atomic mass is 10.8.